The summed E-state index contributed by atoms with van der Waals surface area (Å²) in [6, 6.07) is 13.9. The number of anilines is 3. The first-order valence-corrected chi connectivity index (χ1v) is 13.0. The highest BCUT2D eigenvalue weighted by Crippen LogP contribution is 2.32. The van der Waals surface area contributed by atoms with Crippen molar-refractivity contribution in [3.63, 3.8) is 0 Å². The molecule has 4 rings (SSSR count). The van der Waals surface area contributed by atoms with Gasteiger partial charge < -0.3 is 15.4 Å². The summed E-state index contributed by atoms with van der Waals surface area (Å²) < 4.78 is 36.7. The molecule has 0 spiro atoms. The number of aryl methyl sites for hydroxylation is 1. The second-order valence-corrected chi connectivity index (χ2v) is 10.6. The van der Waals surface area contributed by atoms with E-state index in [1.54, 1.807) is 46.0 Å². The third-order valence-corrected chi connectivity index (χ3v) is 6.28. The number of benzene rings is 2. The standard InChI is InChI=1S/C30H32F2N6O2/c1-6-38-25-11-10-23(14-21(25)17-34-38)35-28-20(16-33)15-24(32)29(37-28)36-27(19-8-7-9-22(31)13-19)18(2)12-26(39)40-30(3,4)5/h7-11,13-15,17-18,27H,6,12H2,1-5H3,(H2,35,36,37)/t18-,27+/m1/s1. The molecule has 0 saturated carbocycles. The van der Waals surface area contributed by atoms with Gasteiger partial charge in [0, 0.05) is 17.6 Å². The van der Waals surface area contributed by atoms with Gasteiger partial charge in [-0.2, -0.15) is 10.4 Å². The van der Waals surface area contributed by atoms with Crippen molar-refractivity contribution in [1.82, 2.24) is 14.8 Å². The molecule has 0 fully saturated rings. The van der Waals surface area contributed by atoms with Crippen molar-refractivity contribution in [2.24, 2.45) is 5.92 Å². The van der Waals surface area contributed by atoms with E-state index in [9.17, 15) is 14.4 Å². The molecule has 0 aliphatic carbocycles. The molecule has 8 nitrogen and oxygen atoms in total. The maximum Gasteiger partial charge on any atom is 0.306 e. The number of nitriles is 1. The molecule has 0 radical (unpaired) electrons. The van der Waals surface area contributed by atoms with Gasteiger partial charge in [-0.1, -0.05) is 19.1 Å². The van der Waals surface area contributed by atoms with Gasteiger partial charge in [-0.05, 0) is 75.6 Å². The van der Waals surface area contributed by atoms with E-state index in [2.05, 4.69) is 20.7 Å². The van der Waals surface area contributed by atoms with E-state index in [-0.39, 0.29) is 23.6 Å². The minimum atomic E-state index is -0.757. The number of rotatable bonds is 9. The highest BCUT2D eigenvalue weighted by Gasteiger charge is 2.27. The van der Waals surface area contributed by atoms with Gasteiger partial charge in [0.1, 0.15) is 17.5 Å². The van der Waals surface area contributed by atoms with Crippen LogP contribution in [0, 0.1) is 28.9 Å². The van der Waals surface area contributed by atoms with Crippen molar-refractivity contribution >= 4 is 34.2 Å². The Hall–Kier alpha value is -4.52. The van der Waals surface area contributed by atoms with Crippen LogP contribution in [0.5, 0.6) is 0 Å². The number of nitrogens with one attached hydrogen (secondary N) is 2. The number of carbonyl (C=O) groups is 1. The second kappa shape index (κ2) is 11.7. The van der Waals surface area contributed by atoms with Crippen LogP contribution in [0.1, 0.15) is 58.2 Å². The van der Waals surface area contributed by atoms with Crippen LogP contribution < -0.4 is 10.6 Å². The molecule has 2 N–H and O–H groups in total. The number of pyridine rings is 1. The van der Waals surface area contributed by atoms with Crippen molar-refractivity contribution < 1.29 is 18.3 Å². The number of carbonyl (C=O) groups excluding carboxylic acids is 1. The van der Waals surface area contributed by atoms with Crippen molar-refractivity contribution in [2.75, 3.05) is 10.6 Å². The molecule has 40 heavy (non-hydrogen) atoms. The number of esters is 1. The van der Waals surface area contributed by atoms with E-state index in [0.29, 0.717) is 11.3 Å². The smallest absolute Gasteiger partial charge is 0.306 e. The number of hydrogen-bond acceptors (Lipinski definition) is 7. The van der Waals surface area contributed by atoms with Gasteiger partial charge >= 0.3 is 5.97 Å². The summed E-state index contributed by atoms with van der Waals surface area (Å²) >= 11 is 0. The normalized spacial score (nSPS) is 12.9. The van der Waals surface area contributed by atoms with Crippen LogP contribution >= 0.6 is 0 Å². The quantitative estimate of drug-likeness (QED) is 0.221. The lowest BCUT2D eigenvalue weighted by Crippen LogP contribution is -2.28. The highest BCUT2D eigenvalue weighted by atomic mass is 19.1. The molecule has 0 unspecified atom stereocenters. The fourth-order valence-electron chi connectivity index (χ4n) is 4.49. The minimum absolute atomic E-state index is 0.0000874. The molecule has 2 aromatic carbocycles. The number of ether oxygens (including phenoxy) is 1. The number of hydrogen-bond donors (Lipinski definition) is 2. The summed E-state index contributed by atoms with van der Waals surface area (Å²) in [5.74, 6) is -2.08. The number of aromatic nitrogens is 3. The Morgan fingerprint density at radius 1 is 1.15 bits per heavy atom. The molecule has 4 aromatic rings. The zero-order chi connectivity index (χ0) is 29.0. The largest absolute Gasteiger partial charge is 0.460 e. The monoisotopic (exact) mass is 546 g/mol. The lowest BCUT2D eigenvalue weighted by molar-refractivity contribution is -0.155. The van der Waals surface area contributed by atoms with Crippen LogP contribution in [-0.4, -0.2) is 26.3 Å². The molecule has 2 heterocycles. The van der Waals surface area contributed by atoms with E-state index in [1.807, 2.05) is 35.9 Å². The number of fused-ring (bicyclic) bond motifs is 1. The van der Waals surface area contributed by atoms with Gasteiger partial charge in [0.2, 0.25) is 0 Å². The maximum absolute atomic E-state index is 15.2. The predicted molar refractivity (Wildman–Crippen MR) is 150 cm³/mol. The van der Waals surface area contributed by atoms with Gasteiger partial charge in [0.25, 0.3) is 0 Å². The maximum atomic E-state index is 15.2. The molecule has 0 aliphatic heterocycles. The Labute approximate surface area is 232 Å². The highest BCUT2D eigenvalue weighted by molar-refractivity contribution is 5.83. The van der Waals surface area contributed by atoms with Crippen LogP contribution in [0.4, 0.5) is 26.1 Å². The first kappa shape index (κ1) is 28.5. The Balaban J connectivity index is 1.66. The average molecular weight is 547 g/mol. The van der Waals surface area contributed by atoms with E-state index in [0.717, 1.165) is 23.5 Å². The summed E-state index contributed by atoms with van der Waals surface area (Å²) in [6.45, 7) is 9.84. The first-order valence-electron chi connectivity index (χ1n) is 13.0. The van der Waals surface area contributed by atoms with E-state index in [4.69, 9.17) is 4.74 Å². The molecule has 208 valence electrons. The Morgan fingerprint density at radius 3 is 2.60 bits per heavy atom. The molecule has 0 aliphatic rings. The Bertz CT molecular complexity index is 1570. The van der Waals surface area contributed by atoms with Crippen LogP contribution in [0.2, 0.25) is 0 Å². The first-order chi connectivity index (χ1) is 19.0. The molecule has 10 heteroatoms. The zero-order valence-corrected chi connectivity index (χ0v) is 23.1. The molecule has 0 amide bonds. The molecule has 2 atom stereocenters. The molecule has 2 aromatic heterocycles. The number of nitrogens with zero attached hydrogens (tertiary/aromatic N) is 4. The van der Waals surface area contributed by atoms with Crippen molar-refractivity contribution in [2.45, 2.75) is 59.2 Å². The average Bonchev–Trinajstić information content (AvgIpc) is 3.29. The molecular formula is C30H32F2N6O2. The van der Waals surface area contributed by atoms with E-state index < -0.39 is 35.2 Å². The van der Waals surface area contributed by atoms with Gasteiger partial charge in [-0.15, -0.1) is 0 Å². The Kier molecular flexibility index (Phi) is 8.33. The van der Waals surface area contributed by atoms with Crippen molar-refractivity contribution in [3.05, 3.63) is 77.5 Å². The van der Waals surface area contributed by atoms with E-state index >= 15 is 4.39 Å². The third-order valence-electron chi connectivity index (χ3n) is 6.28. The lowest BCUT2D eigenvalue weighted by Gasteiger charge is -2.28. The van der Waals surface area contributed by atoms with Crippen LogP contribution in [0.3, 0.4) is 0 Å². The third kappa shape index (κ3) is 6.72. The van der Waals surface area contributed by atoms with E-state index in [1.165, 1.54) is 12.1 Å². The fourth-order valence-corrected chi connectivity index (χ4v) is 4.49. The van der Waals surface area contributed by atoms with Gasteiger partial charge in [-0.25, -0.2) is 13.8 Å². The summed E-state index contributed by atoms with van der Waals surface area (Å²) in [7, 11) is 0. The van der Waals surface area contributed by atoms with Crippen molar-refractivity contribution in [1.29, 1.82) is 5.26 Å². The molecular weight excluding hydrogens is 514 g/mol. The summed E-state index contributed by atoms with van der Waals surface area (Å²) in [5.41, 5.74) is 1.45. The fraction of sp³-hybridized carbons (Fsp3) is 0.333. The Morgan fingerprint density at radius 2 is 1.93 bits per heavy atom. The number of halogens is 2. The van der Waals surface area contributed by atoms with Gasteiger partial charge in [0.15, 0.2) is 17.5 Å². The second-order valence-electron chi connectivity index (χ2n) is 10.6. The summed E-state index contributed by atoms with van der Waals surface area (Å²) in [4.78, 5) is 17.0. The SMILES string of the molecule is CCn1ncc2cc(Nc3nc(N[C@H](c4cccc(F)c4)[C@H](C)CC(=O)OC(C)(C)C)c(F)cc3C#N)ccc21. The minimum Gasteiger partial charge on any atom is -0.460 e. The predicted octanol–water partition coefficient (Wildman–Crippen LogP) is 6.87. The van der Waals surface area contributed by atoms with Crippen LogP contribution in [0.25, 0.3) is 10.9 Å². The molecule has 0 saturated heterocycles. The van der Waals surface area contributed by atoms with Gasteiger partial charge in [0.05, 0.1) is 29.7 Å². The summed E-state index contributed by atoms with van der Waals surface area (Å²) in [5, 5.41) is 21.1. The summed E-state index contributed by atoms with van der Waals surface area (Å²) in [6.07, 6.45) is 1.75. The van der Waals surface area contributed by atoms with Crippen LogP contribution in [-0.2, 0) is 16.1 Å². The molecule has 0 bridgehead atoms. The van der Waals surface area contributed by atoms with Gasteiger partial charge in [-0.3, -0.25) is 9.48 Å². The lowest BCUT2D eigenvalue weighted by atomic mass is 9.91. The zero-order valence-electron chi connectivity index (χ0n) is 23.1. The van der Waals surface area contributed by atoms with Crippen molar-refractivity contribution in [3.8, 4) is 6.07 Å². The topological polar surface area (TPSA) is 105 Å². The van der Waals surface area contributed by atoms with Crippen LogP contribution in [0.15, 0.2) is 54.7 Å².